The van der Waals surface area contributed by atoms with E-state index in [1.807, 2.05) is 0 Å². The largest absolute Gasteiger partial charge is 0.483 e. The van der Waals surface area contributed by atoms with Gasteiger partial charge in [-0.1, -0.05) is 39.5 Å². The predicted molar refractivity (Wildman–Crippen MR) is 158 cm³/mol. The molecule has 242 valence electrons. The molecule has 0 aromatic heterocycles. The number of carbonyl (C=O) groups excluding carboxylic acids is 6. The zero-order chi connectivity index (χ0) is 35.2. The number of carbonyl (C=O) groups is 6. The molecule has 3 atom stereocenters. The number of Topliss-reactive ketones (excluding diaryl/α,β-unsaturated/α-hetero) is 6. The molecular formula is C30H39O13P. The van der Waals surface area contributed by atoms with Crippen LogP contribution in [0, 0.1) is 0 Å². The minimum atomic E-state index is -6.21. The van der Waals surface area contributed by atoms with Crippen LogP contribution < -0.4 is 0 Å². The summed E-state index contributed by atoms with van der Waals surface area (Å²) < 4.78 is 29.5. The maximum atomic E-state index is 14.4. The first-order valence-electron chi connectivity index (χ1n) is 12.7. The normalized spacial score (nSPS) is 16.5. The van der Waals surface area contributed by atoms with Gasteiger partial charge in [0.2, 0.25) is 34.7 Å². The summed E-state index contributed by atoms with van der Waals surface area (Å²) in [6, 6.07) is 0. The van der Waals surface area contributed by atoms with Gasteiger partial charge in [0, 0.05) is 0 Å². The fourth-order valence-corrected chi connectivity index (χ4v) is 4.84. The second kappa shape index (κ2) is 15.0. The molecule has 14 heteroatoms. The summed E-state index contributed by atoms with van der Waals surface area (Å²) in [7, 11) is -6.21. The fourth-order valence-electron chi connectivity index (χ4n) is 3.18. The number of rotatable bonds is 21. The van der Waals surface area contributed by atoms with Crippen LogP contribution in [-0.2, 0) is 46.9 Å². The first kappa shape index (κ1) is 40.5. The summed E-state index contributed by atoms with van der Waals surface area (Å²) in [5.41, 5.74) is -2.11. The second-order valence-electron chi connectivity index (χ2n) is 10.5. The maximum Gasteiger partial charge on any atom is 0.483 e. The quantitative estimate of drug-likeness (QED) is 0.0938. The third-order valence-electron chi connectivity index (χ3n) is 5.64. The highest BCUT2D eigenvalue weighted by Crippen LogP contribution is 2.59. The molecule has 0 radical (unpaired) electrons. The van der Waals surface area contributed by atoms with Gasteiger partial charge in [0.05, 0.1) is 19.3 Å². The van der Waals surface area contributed by atoms with E-state index in [2.05, 4.69) is 39.5 Å². The number of phosphoric ester groups is 1. The van der Waals surface area contributed by atoms with Crippen LogP contribution in [0.2, 0.25) is 0 Å². The third kappa shape index (κ3) is 10.6. The van der Waals surface area contributed by atoms with Crippen molar-refractivity contribution in [3.8, 4) is 0 Å². The Balaban J connectivity index is 7.75. The molecule has 0 spiro atoms. The van der Waals surface area contributed by atoms with E-state index in [9.17, 15) is 48.7 Å². The van der Waals surface area contributed by atoms with E-state index in [0.717, 1.165) is 20.8 Å². The zero-order valence-corrected chi connectivity index (χ0v) is 26.6. The lowest BCUT2D eigenvalue weighted by Crippen LogP contribution is -2.49. The molecule has 0 saturated heterocycles. The lowest BCUT2D eigenvalue weighted by Gasteiger charge is -2.37. The summed E-state index contributed by atoms with van der Waals surface area (Å²) in [5, 5.41) is 33.8. The zero-order valence-electron chi connectivity index (χ0n) is 25.7. The Bertz CT molecular complexity index is 1250. The summed E-state index contributed by atoms with van der Waals surface area (Å²) in [5.74, 6) is -18.2. The van der Waals surface area contributed by atoms with E-state index < -0.39 is 95.9 Å². The predicted octanol–water partition coefficient (Wildman–Crippen LogP) is 3.25. The molecule has 0 bridgehead atoms. The van der Waals surface area contributed by atoms with E-state index in [-0.39, 0.29) is 16.7 Å². The Morgan fingerprint density at radius 3 is 0.795 bits per heavy atom. The Hall–Kier alpha value is -3.55. The Labute approximate surface area is 255 Å². The number of allylic oxidation sites excluding steroid dienone is 3. The Morgan fingerprint density at radius 1 is 0.477 bits per heavy atom. The Morgan fingerprint density at radius 2 is 0.659 bits per heavy atom. The number of phosphoric acid groups is 1. The van der Waals surface area contributed by atoms with E-state index in [1.165, 1.54) is 20.8 Å². The number of hydrogen-bond donors (Lipinski definition) is 3. The minimum Gasteiger partial charge on any atom is -0.359 e. The number of ketones is 6. The average Bonchev–Trinajstić information content (AvgIpc) is 2.85. The topological polar surface area (TPSA) is 208 Å². The third-order valence-corrected chi connectivity index (χ3v) is 7.22. The lowest BCUT2D eigenvalue weighted by molar-refractivity contribution is -0.217. The molecule has 44 heavy (non-hydrogen) atoms. The molecular weight excluding hydrogens is 599 g/mol. The van der Waals surface area contributed by atoms with Crippen LogP contribution in [0.1, 0.15) is 60.8 Å². The van der Waals surface area contributed by atoms with Crippen LogP contribution in [0.4, 0.5) is 0 Å². The van der Waals surface area contributed by atoms with Gasteiger partial charge < -0.3 is 15.3 Å². The van der Waals surface area contributed by atoms with Gasteiger partial charge in [0.25, 0.3) is 0 Å². The fraction of sp³-hybridized carbons (Fsp3) is 0.400. The summed E-state index contributed by atoms with van der Waals surface area (Å²) in [4.78, 5) is 76.8. The molecule has 0 saturated carbocycles. The lowest BCUT2D eigenvalue weighted by atomic mass is 9.98. The van der Waals surface area contributed by atoms with Crippen LogP contribution in [0.15, 0.2) is 72.9 Å². The van der Waals surface area contributed by atoms with Gasteiger partial charge in [-0.25, -0.2) is 18.1 Å². The molecule has 0 amide bonds. The molecule has 0 aromatic carbocycles. The van der Waals surface area contributed by atoms with Crippen molar-refractivity contribution in [1.82, 2.24) is 0 Å². The van der Waals surface area contributed by atoms with Gasteiger partial charge in [-0.05, 0) is 75.0 Å². The van der Waals surface area contributed by atoms with Crippen LogP contribution in [0.25, 0.3) is 0 Å². The van der Waals surface area contributed by atoms with Crippen LogP contribution in [0.3, 0.4) is 0 Å². The summed E-state index contributed by atoms with van der Waals surface area (Å²) in [6.45, 7) is 26.9. The van der Waals surface area contributed by atoms with Crippen molar-refractivity contribution in [2.45, 2.75) is 78.2 Å². The SMILES string of the molecule is C=C(C)C(=O)CC(O)(OP(=O)(OC(O)(CC(=O)C(=C)C)C(=O)C(=C)C)OC(O)(CC(=O)C(=C)C)C(=O)C(=C)C)C(=O)C(=C)C. The number of hydrogen-bond acceptors (Lipinski definition) is 13. The molecule has 3 N–H and O–H groups in total. The molecule has 3 unspecified atom stereocenters. The van der Waals surface area contributed by atoms with Gasteiger partial charge in [-0.3, -0.25) is 28.8 Å². The first-order valence-corrected chi connectivity index (χ1v) is 14.2. The molecule has 0 aliphatic heterocycles. The van der Waals surface area contributed by atoms with E-state index >= 15 is 0 Å². The average molecular weight is 639 g/mol. The van der Waals surface area contributed by atoms with E-state index in [4.69, 9.17) is 13.6 Å². The van der Waals surface area contributed by atoms with Crippen molar-refractivity contribution in [3.05, 3.63) is 72.9 Å². The highest BCUT2D eigenvalue weighted by atomic mass is 31.2. The second-order valence-corrected chi connectivity index (χ2v) is 12.0. The number of aliphatic hydroxyl groups is 3. The van der Waals surface area contributed by atoms with Crippen LogP contribution >= 0.6 is 7.82 Å². The summed E-state index contributed by atoms with van der Waals surface area (Å²) in [6.07, 6.45) is -4.00. The Kier molecular flexibility index (Phi) is 13.7. The van der Waals surface area contributed by atoms with Crippen molar-refractivity contribution < 1.29 is 62.2 Å². The van der Waals surface area contributed by atoms with Crippen molar-refractivity contribution in [1.29, 1.82) is 0 Å². The van der Waals surface area contributed by atoms with E-state index in [1.54, 1.807) is 0 Å². The smallest absolute Gasteiger partial charge is 0.359 e. The molecule has 0 rings (SSSR count). The molecule has 0 heterocycles. The van der Waals surface area contributed by atoms with Crippen LogP contribution in [-0.4, -0.2) is 67.4 Å². The maximum absolute atomic E-state index is 14.4. The standard InChI is InChI=1S/C30H39O13P/c1-16(2)22(31)13-28(37,25(34)19(7)8)41-44(40,42-29(38,26(35)20(9)10)14-23(32)17(3)4)43-30(39,27(36)21(11)12)15-24(33)18(5)6/h37-39H,1,3,5,7,9,11,13-15H2,2,4,6,8,10,12H3. The van der Waals surface area contributed by atoms with Gasteiger partial charge in [0.15, 0.2) is 17.3 Å². The van der Waals surface area contributed by atoms with Gasteiger partial charge in [0.1, 0.15) is 0 Å². The summed E-state index contributed by atoms with van der Waals surface area (Å²) >= 11 is 0. The molecule has 0 aromatic rings. The van der Waals surface area contributed by atoms with Crippen molar-refractivity contribution in [3.63, 3.8) is 0 Å². The first-order chi connectivity index (χ1) is 19.7. The highest BCUT2D eigenvalue weighted by molar-refractivity contribution is 7.48. The molecule has 0 fully saturated rings. The van der Waals surface area contributed by atoms with Gasteiger partial charge in [-0.2, -0.15) is 0 Å². The minimum absolute atomic E-state index is 0.222. The van der Waals surface area contributed by atoms with Crippen molar-refractivity contribution in [2.75, 3.05) is 0 Å². The van der Waals surface area contributed by atoms with Gasteiger partial charge >= 0.3 is 7.82 Å². The molecule has 13 nitrogen and oxygen atoms in total. The van der Waals surface area contributed by atoms with Crippen LogP contribution in [0.5, 0.6) is 0 Å². The highest BCUT2D eigenvalue weighted by Gasteiger charge is 2.57. The van der Waals surface area contributed by atoms with Crippen molar-refractivity contribution in [2.24, 2.45) is 0 Å². The van der Waals surface area contributed by atoms with Crippen molar-refractivity contribution >= 4 is 42.5 Å². The van der Waals surface area contributed by atoms with Gasteiger partial charge in [-0.15, -0.1) is 0 Å². The van der Waals surface area contributed by atoms with E-state index in [0.29, 0.717) is 0 Å². The monoisotopic (exact) mass is 638 g/mol. The molecule has 0 aliphatic carbocycles. The molecule has 0 aliphatic rings.